The molecule has 0 saturated heterocycles. The summed E-state index contributed by atoms with van der Waals surface area (Å²) in [5, 5.41) is 9.46. The summed E-state index contributed by atoms with van der Waals surface area (Å²) >= 11 is 0. The minimum atomic E-state index is -0.951. The largest absolute Gasteiger partial charge is 0.481 e. The van der Waals surface area contributed by atoms with Gasteiger partial charge in [-0.15, -0.1) is 0 Å². The van der Waals surface area contributed by atoms with Gasteiger partial charge in [0.1, 0.15) is 5.92 Å². The SMILES string of the molecule is O=C(O)C(c1ccncc1)c1ccc2[nH]c(=O)[nH]c2c1. The number of carbonyl (C=O) groups is 1. The lowest BCUT2D eigenvalue weighted by Gasteiger charge is -2.12. The van der Waals surface area contributed by atoms with Gasteiger partial charge in [0.15, 0.2) is 0 Å². The molecule has 2 aromatic heterocycles. The van der Waals surface area contributed by atoms with Crippen LogP contribution in [0.1, 0.15) is 17.0 Å². The molecule has 6 heteroatoms. The predicted molar refractivity (Wildman–Crippen MR) is 72.6 cm³/mol. The van der Waals surface area contributed by atoms with Crippen LogP contribution in [0, 0.1) is 0 Å². The maximum Gasteiger partial charge on any atom is 0.323 e. The number of rotatable bonds is 3. The Balaban J connectivity index is 2.14. The second-order valence-corrected chi connectivity index (χ2v) is 4.44. The van der Waals surface area contributed by atoms with Crippen molar-refractivity contribution in [2.75, 3.05) is 0 Å². The average Bonchev–Trinajstić information content (AvgIpc) is 2.79. The quantitative estimate of drug-likeness (QED) is 0.670. The van der Waals surface area contributed by atoms with E-state index in [4.69, 9.17) is 0 Å². The Morgan fingerprint density at radius 3 is 2.45 bits per heavy atom. The fourth-order valence-corrected chi connectivity index (χ4v) is 2.26. The van der Waals surface area contributed by atoms with Crippen molar-refractivity contribution in [1.82, 2.24) is 15.0 Å². The molecule has 0 radical (unpaired) electrons. The highest BCUT2D eigenvalue weighted by Gasteiger charge is 2.22. The van der Waals surface area contributed by atoms with E-state index in [1.54, 1.807) is 42.7 Å². The van der Waals surface area contributed by atoms with E-state index in [-0.39, 0.29) is 5.69 Å². The average molecular weight is 269 g/mol. The first-order valence-corrected chi connectivity index (χ1v) is 6.00. The first kappa shape index (κ1) is 12.2. The Morgan fingerprint density at radius 1 is 1.05 bits per heavy atom. The zero-order chi connectivity index (χ0) is 14.1. The van der Waals surface area contributed by atoms with Gasteiger partial charge in [-0.2, -0.15) is 0 Å². The maximum absolute atomic E-state index is 11.5. The van der Waals surface area contributed by atoms with Gasteiger partial charge in [-0.25, -0.2) is 4.79 Å². The van der Waals surface area contributed by atoms with Crippen LogP contribution in [0.15, 0.2) is 47.5 Å². The standard InChI is InChI=1S/C14H11N3O3/c18-13(19)12(8-3-5-15-6-4-8)9-1-2-10-11(7-9)17-14(20)16-10/h1-7,12H,(H,18,19)(H2,16,17,20). The number of H-pyrrole nitrogens is 2. The van der Waals surface area contributed by atoms with Gasteiger partial charge in [-0.1, -0.05) is 6.07 Å². The number of carboxylic acid groups (broad SMARTS) is 1. The van der Waals surface area contributed by atoms with E-state index < -0.39 is 11.9 Å². The molecule has 0 bridgehead atoms. The summed E-state index contributed by atoms with van der Waals surface area (Å²) in [6.45, 7) is 0. The third-order valence-corrected chi connectivity index (χ3v) is 3.16. The fourth-order valence-electron chi connectivity index (χ4n) is 2.26. The molecule has 0 aliphatic heterocycles. The molecule has 3 rings (SSSR count). The normalized spacial score (nSPS) is 12.4. The van der Waals surface area contributed by atoms with Gasteiger partial charge in [0, 0.05) is 12.4 Å². The summed E-state index contributed by atoms with van der Waals surface area (Å²) in [5.74, 6) is -1.74. The van der Waals surface area contributed by atoms with Crippen molar-refractivity contribution in [3.8, 4) is 0 Å². The third kappa shape index (κ3) is 2.07. The first-order chi connectivity index (χ1) is 9.65. The topological polar surface area (TPSA) is 98.8 Å². The summed E-state index contributed by atoms with van der Waals surface area (Å²) in [7, 11) is 0. The Labute approximate surface area is 113 Å². The number of hydrogen-bond acceptors (Lipinski definition) is 3. The number of carboxylic acids is 1. The number of imidazole rings is 1. The molecule has 3 N–H and O–H groups in total. The predicted octanol–water partition coefficient (Wildman–Crippen LogP) is 1.47. The molecule has 100 valence electrons. The number of aliphatic carboxylic acids is 1. The Morgan fingerprint density at radius 2 is 1.75 bits per heavy atom. The van der Waals surface area contributed by atoms with E-state index in [0.29, 0.717) is 22.2 Å². The van der Waals surface area contributed by atoms with Crippen molar-refractivity contribution >= 4 is 17.0 Å². The summed E-state index contributed by atoms with van der Waals surface area (Å²) in [5.41, 5.74) is 2.18. The molecule has 0 aliphatic carbocycles. The van der Waals surface area contributed by atoms with Crippen LogP contribution >= 0.6 is 0 Å². The highest BCUT2D eigenvalue weighted by atomic mass is 16.4. The molecule has 1 atom stereocenters. The second kappa shape index (κ2) is 4.65. The Kier molecular flexibility index (Phi) is 2.83. The number of aromatic amines is 2. The van der Waals surface area contributed by atoms with Gasteiger partial charge in [0.2, 0.25) is 0 Å². The number of hydrogen-bond donors (Lipinski definition) is 3. The van der Waals surface area contributed by atoms with E-state index >= 15 is 0 Å². The minimum absolute atomic E-state index is 0.312. The van der Waals surface area contributed by atoms with Crippen molar-refractivity contribution in [3.05, 3.63) is 64.3 Å². The molecule has 0 amide bonds. The molecule has 3 aromatic rings. The van der Waals surface area contributed by atoms with E-state index in [1.165, 1.54) is 0 Å². The molecule has 0 fully saturated rings. The molecule has 0 aliphatic rings. The molecule has 0 spiro atoms. The lowest BCUT2D eigenvalue weighted by atomic mass is 9.92. The number of aromatic nitrogens is 3. The first-order valence-electron chi connectivity index (χ1n) is 6.00. The van der Waals surface area contributed by atoms with E-state index in [9.17, 15) is 14.7 Å². The molecule has 20 heavy (non-hydrogen) atoms. The van der Waals surface area contributed by atoms with Gasteiger partial charge in [0.05, 0.1) is 11.0 Å². The highest BCUT2D eigenvalue weighted by molar-refractivity contribution is 5.83. The van der Waals surface area contributed by atoms with Crippen LogP contribution in [-0.2, 0) is 4.79 Å². The van der Waals surface area contributed by atoms with Crippen LogP contribution in [0.2, 0.25) is 0 Å². The van der Waals surface area contributed by atoms with Gasteiger partial charge in [-0.05, 0) is 35.4 Å². The van der Waals surface area contributed by atoms with Crippen LogP contribution in [0.3, 0.4) is 0 Å². The maximum atomic E-state index is 11.5. The Bertz CT molecular complexity index is 820. The van der Waals surface area contributed by atoms with Crippen LogP contribution < -0.4 is 5.69 Å². The van der Waals surface area contributed by atoms with Crippen molar-refractivity contribution in [1.29, 1.82) is 0 Å². The van der Waals surface area contributed by atoms with E-state index in [1.807, 2.05) is 0 Å². The van der Waals surface area contributed by atoms with E-state index in [2.05, 4.69) is 15.0 Å². The lowest BCUT2D eigenvalue weighted by Crippen LogP contribution is -2.13. The lowest BCUT2D eigenvalue weighted by molar-refractivity contribution is -0.137. The smallest absolute Gasteiger partial charge is 0.323 e. The number of nitrogens with zero attached hydrogens (tertiary/aromatic N) is 1. The zero-order valence-electron chi connectivity index (χ0n) is 10.3. The second-order valence-electron chi connectivity index (χ2n) is 4.44. The van der Waals surface area contributed by atoms with Gasteiger partial charge >= 0.3 is 11.7 Å². The van der Waals surface area contributed by atoms with Gasteiger partial charge in [-0.3, -0.25) is 9.78 Å². The monoisotopic (exact) mass is 269 g/mol. The number of pyridine rings is 1. The van der Waals surface area contributed by atoms with Crippen molar-refractivity contribution < 1.29 is 9.90 Å². The molecular formula is C14H11N3O3. The molecular weight excluding hydrogens is 258 g/mol. The molecule has 0 saturated carbocycles. The van der Waals surface area contributed by atoms with Gasteiger partial charge < -0.3 is 15.1 Å². The molecule has 6 nitrogen and oxygen atoms in total. The molecule has 1 unspecified atom stereocenters. The number of fused-ring (bicyclic) bond motifs is 1. The zero-order valence-corrected chi connectivity index (χ0v) is 10.3. The number of benzene rings is 1. The summed E-state index contributed by atoms with van der Waals surface area (Å²) in [6, 6.07) is 8.41. The van der Waals surface area contributed by atoms with Crippen molar-refractivity contribution in [2.24, 2.45) is 0 Å². The number of nitrogens with one attached hydrogen (secondary N) is 2. The van der Waals surface area contributed by atoms with Crippen LogP contribution in [0.4, 0.5) is 0 Å². The fraction of sp³-hybridized carbons (Fsp3) is 0.0714. The van der Waals surface area contributed by atoms with E-state index in [0.717, 1.165) is 0 Å². The van der Waals surface area contributed by atoms with Crippen LogP contribution in [0.5, 0.6) is 0 Å². The minimum Gasteiger partial charge on any atom is -0.481 e. The Hall–Kier alpha value is -2.89. The summed E-state index contributed by atoms with van der Waals surface area (Å²) < 4.78 is 0. The van der Waals surface area contributed by atoms with Crippen LogP contribution in [-0.4, -0.2) is 26.0 Å². The summed E-state index contributed by atoms with van der Waals surface area (Å²) in [4.78, 5) is 31.9. The van der Waals surface area contributed by atoms with Crippen molar-refractivity contribution in [3.63, 3.8) is 0 Å². The van der Waals surface area contributed by atoms with Crippen molar-refractivity contribution in [2.45, 2.75) is 5.92 Å². The summed E-state index contributed by atoms with van der Waals surface area (Å²) in [6.07, 6.45) is 3.12. The molecule has 2 heterocycles. The van der Waals surface area contributed by atoms with Crippen LogP contribution in [0.25, 0.3) is 11.0 Å². The highest BCUT2D eigenvalue weighted by Crippen LogP contribution is 2.26. The molecule has 1 aromatic carbocycles. The van der Waals surface area contributed by atoms with Gasteiger partial charge in [0.25, 0.3) is 0 Å². The third-order valence-electron chi connectivity index (χ3n) is 3.16.